The minimum absolute atomic E-state index is 0.0133. The number of nitrogens with one attached hydrogen (secondary N) is 14. The maximum atomic E-state index is 12.1. The van der Waals surface area contributed by atoms with Gasteiger partial charge >= 0.3 is 0 Å². The van der Waals surface area contributed by atoms with Crippen LogP contribution in [0.3, 0.4) is 0 Å². The van der Waals surface area contributed by atoms with Crippen LogP contribution >= 0.6 is 23.2 Å². The molecule has 706 valence electrons. The number of hydrogen-bond donors (Lipinski definition) is 14. The van der Waals surface area contributed by atoms with Crippen molar-refractivity contribution < 1.29 is 80.9 Å². The molecule has 131 heavy (non-hydrogen) atoms. The number of aromatic amines is 7. The lowest BCUT2D eigenvalue weighted by Gasteiger charge is -2.09. The second kappa shape index (κ2) is 51.5. The Balaban J connectivity index is 0.000000189. The third-order valence-electron chi connectivity index (χ3n) is 18.7. The van der Waals surface area contributed by atoms with E-state index in [2.05, 4.69) is 92.0 Å². The van der Waals surface area contributed by atoms with Crippen LogP contribution < -0.4 is 65.6 Å². The van der Waals surface area contributed by atoms with Gasteiger partial charge in [0.05, 0.1) is 112 Å². The largest absolute Gasteiger partial charge is 0.495 e. The number of methoxy groups -OCH3 is 6. The molecule has 10 aromatic heterocycles. The number of aromatic nitrogens is 11. The van der Waals surface area contributed by atoms with E-state index in [1.165, 1.54) is 31.2 Å². The number of hydrogen-bond acceptors (Lipinski definition) is 21. The normalized spacial score (nSPS) is 11.5. The number of carbonyl (C=O) groups is 7. The SMILES string of the molecule is CC(C)NC(=O)c1cc2c([nH]1)CCCC2.COCCOCCOc1ccc(Cl)c2[nH]c(C(=O)NC(C)C)cc12.COCCOCCOc1cccc2[nH]c(C(=O)NC(C)C)cc12.COc1cc2[nH]c(C(=O)NC(C)C)cc2cn1.COc1ccc2[nH]c(C(=O)NC(C)C)cc2n1.COc1ccc2[nH]c(C(=O)NC(C)C)nc2c1Cl.COc1nccc2[nH]c(C(=O)NC(C)C)cc12. The molecule has 14 N–H and O–H groups in total. The van der Waals surface area contributed by atoms with Gasteiger partial charge in [-0.05, 0) is 213 Å². The quantitative estimate of drug-likeness (QED) is 0.0174. The van der Waals surface area contributed by atoms with E-state index in [4.69, 9.17) is 70.6 Å². The van der Waals surface area contributed by atoms with Crippen molar-refractivity contribution in [1.82, 2.24) is 92.0 Å². The molecule has 35 nitrogen and oxygen atoms in total. The van der Waals surface area contributed by atoms with E-state index in [-0.39, 0.29) is 89.5 Å². The fraction of sp³-hybridized carbons (Fsp3) is 0.415. The van der Waals surface area contributed by atoms with Crippen LogP contribution in [0.5, 0.6) is 34.9 Å². The van der Waals surface area contributed by atoms with Gasteiger partial charge in [0.15, 0.2) is 5.82 Å². The summed E-state index contributed by atoms with van der Waals surface area (Å²) in [4.78, 5) is 121. The summed E-state index contributed by atoms with van der Waals surface area (Å²) in [5.41, 5.74) is 11.8. The second-order valence-corrected chi connectivity index (χ2v) is 32.9. The van der Waals surface area contributed by atoms with Crippen molar-refractivity contribution in [3.63, 3.8) is 0 Å². The number of benzene rings is 3. The van der Waals surface area contributed by atoms with E-state index in [0.29, 0.717) is 137 Å². The van der Waals surface area contributed by atoms with Crippen molar-refractivity contribution in [3.8, 4) is 34.9 Å². The van der Waals surface area contributed by atoms with Gasteiger partial charge in [-0.1, -0.05) is 29.3 Å². The van der Waals surface area contributed by atoms with Crippen molar-refractivity contribution in [1.29, 1.82) is 0 Å². The Bertz CT molecular complexity index is 5780. The molecule has 10 heterocycles. The third-order valence-corrected chi connectivity index (χ3v) is 19.4. The average molecular weight is 1850 g/mol. The zero-order valence-corrected chi connectivity index (χ0v) is 79.5. The summed E-state index contributed by atoms with van der Waals surface area (Å²) in [7, 11) is 9.48. The molecule has 7 amide bonds. The first-order chi connectivity index (χ1) is 62.6. The number of H-pyrrole nitrogens is 7. The van der Waals surface area contributed by atoms with E-state index >= 15 is 0 Å². The van der Waals surface area contributed by atoms with Crippen molar-refractivity contribution in [2.24, 2.45) is 0 Å². The summed E-state index contributed by atoms with van der Waals surface area (Å²) >= 11 is 12.3. The molecule has 0 fully saturated rings. The smallest absolute Gasteiger partial charge is 0.287 e. The lowest BCUT2D eigenvalue weighted by molar-refractivity contribution is 0.0547. The summed E-state index contributed by atoms with van der Waals surface area (Å²) in [6.07, 6.45) is 8.00. The third kappa shape index (κ3) is 31.4. The maximum absolute atomic E-state index is 12.1. The van der Waals surface area contributed by atoms with Gasteiger partial charge in [0.1, 0.15) is 75.2 Å². The number of amides is 7. The molecule has 0 saturated heterocycles. The number of fused-ring (bicyclic) bond motifs is 7. The molecule has 3 aromatic carbocycles. The number of nitrogens with zero attached hydrogens (tertiary/aromatic N) is 4. The molecule has 13 aromatic rings. The monoisotopic (exact) mass is 1850 g/mol. The van der Waals surface area contributed by atoms with Gasteiger partial charge in [0.2, 0.25) is 17.6 Å². The minimum atomic E-state index is -0.253. The number of pyridine rings is 3. The van der Waals surface area contributed by atoms with Gasteiger partial charge in [0, 0.05) is 108 Å². The zero-order chi connectivity index (χ0) is 95.5. The molecule has 0 spiro atoms. The van der Waals surface area contributed by atoms with E-state index in [9.17, 15) is 33.6 Å². The molecule has 0 atom stereocenters. The highest BCUT2D eigenvalue weighted by Gasteiger charge is 2.23. The van der Waals surface area contributed by atoms with E-state index in [1.54, 1.807) is 109 Å². The predicted octanol–water partition coefficient (Wildman–Crippen LogP) is 14.9. The number of aryl methyl sites for hydroxylation is 2. The van der Waals surface area contributed by atoms with E-state index in [0.717, 1.165) is 73.4 Å². The molecule has 1 aliphatic rings. The van der Waals surface area contributed by atoms with Crippen molar-refractivity contribution in [3.05, 3.63) is 177 Å². The topological polar surface area (TPSA) is 458 Å². The molecular weight excluding hydrogens is 1720 g/mol. The Hall–Kier alpha value is -12.9. The van der Waals surface area contributed by atoms with Crippen LogP contribution in [0.1, 0.15) is 195 Å². The summed E-state index contributed by atoms with van der Waals surface area (Å²) < 4.78 is 52.4. The van der Waals surface area contributed by atoms with Crippen molar-refractivity contribution in [2.75, 3.05) is 95.5 Å². The Morgan fingerprint density at radius 1 is 0.382 bits per heavy atom. The lowest BCUT2D eigenvalue weighted by Crippen LogP contribution is -2.30. The van der Waals surface area contributed by atoms with Crippen molar-refractivity contribution in [2.45, 2.75) is 165 Å². The molecule has 37 heteroatoms. The summed E-state index contributed by atoms with van der Waals surface area (Å²) in [5.74, 6) is 2.84. The van der Waals surface area contributed by atoms with Gasteiger partial charge in [-0.2, -0.15) is 0 Å². The van der Waals surface area contributed by atoms with Crippen LogP contribution in [0.25, 0.3) is 65.7 Å². The average Bonchev–Trinajstić information content (AvgIpc) is 1.60. The van der Waals surface area contributed by atoms with Gasteiger partial charge in [-0.15, -0.1) is 0 Å². The van der Waals surface area contributed by atoms with Gasteiger partial charge in [0.25, 0.3) is 41.4 Å². The first-order valence-electron chi connectivity index (χ1n) is 43.1. The highest BCUT2D eigenvalue weighted by molar-refractivity contribution is 6.36. The van der Waals surface area contributed by atoms with Gasteiger partial charge in [-0.25, -0.2) is 19.9 Å². The number of imidazole rings is 1. The van der Waals surface area contributed by atoms with Gasteiger partial charge < -0.3 is 119 Å². The second-order valence-electron chi connectivity index (χ2n) is 32.1. The molecule has 0 aliphatic heterocycles. The first-order valence-corrected chi connectivity index (χ1v) is 43.9. The summed E-state index contributed by atoms with van der Waals surface area (Å²) in [5, 5.41) is 24.1. The molecule has 0 bridgehead atoms. The molecule has 1 aliphatic carbocycles. The van der Waals surface area contributed by atoms with Crippen LogP contribution in [-0.2, 0) is 31.8 Å². The maximum Gasteiger partial charge on any atom is 0.287 e. The molecular formula is C94H124Cl2N18O17. The highest BCUT2D eigenvalue weighted by Crippen LogP contribution is 2.34. The van der Waals surface area contributed by atoms with E-state index in [1.807, 2.05) is 139 Å². The van der Waals surface area contributed by atoms with Gasteiger partial charge in [-0.3, -0.25) is 33.6 Å². The van der Waals surface area contributed by atoms with Crippen LogP contribution in [0.2, 0.25) is 10.0 Å². The Labute approximate surface area is 771 Å². The highest BCUT2D eigenvalue weighted by atomic mass is 35.5. The zero-order valence-electron chi connectivity index (χ0n) is 78.0. The summed E-state index contributed by atoms with van der Waals surface area (Å²) in [6.45, 7) is 30.9. The number of halogens is 2. The molecule has 14 rings (SSSR count). The minimum Gasteiger partial charge on any atom is -0.495 e. The standard InChI is InChI=1S/C17H23ClN2O4.C17H24N2O4.C12H14ClN3O2.3C12H15N3O2.C12H18N2O/c1-11(2)19-17(21)14-10-12-15(5-4-13(18)16(12)20-14)24-9-8-23-7-6-22-3;1-12(2)18-17(20)15-11-13-14(19-15)5-4-6-16(13)23-10-9-22-8-7-21-3;1-6(2)14-12(17)11-15-7-4-5-8(18-3)9(13)10(7)16-11;1-7(2)14-12(16)10-4-8-6-13-11(17-3)5-9(8)15-10;1-7(2)14-11(16)10-6-8-9(15-10)4-5-13-12(8)17-3;1-7(2)13-12(16)10-6-9-8(14-10)4-5-11(15-9)17-3;1-8(2)13-12(15)11-7-9-5-3-4-6-10(9)14-11/h4-5,10-11,20H,6-9H2,1-3H3,(H,19,21);4-6,11-12,19H,7-10H2,1-3H3,(H,18,20);4-6H,1-3H3,(H,14,17)(H,15,16);2*4-7,15H,1-3H3,(H,14,16);4-7,14H,1-3H3,(H,13,16);7-8,14H,3-6H2,1-2H3,(H,13,15). The lowest BCUT2D eigenvalue weighted by atomic mass is 9.98. The summed E-state index contributed by atoms with van der Waals surface area (Å²) in [6, 6.07) is 31.4. The molecule has 0 unspecified atom stereocenters. The fourth-order valence-electron chi connectivity index (χ4n) is 12.9. The van der Waals surface area contributed by atoms with Crippen molar-refractivity contribution >= 4 is 130 Å². The fourth-order valence-corrected chi connectivity index (χ4v) is 13.4. The number of rotatable bonds is 32. The van der Waals surface area contributed by atoms with Crippen LogP contribution in [0.4, 0.5) is 0 Å². The van der Waals surface area contributed by atoms with E-state index < -0.39 is 0 Å². The predicted molar refractivity (Wildman–Crippen MR) is 509 cm³/mol. The Kier molecular flexibility index (Phi) is 40.6. The van der Waals surface area contributed by atoms with Crippen LogP contribution in [0, 0.1) is 0 Å². The number of ether oxygens (including phenoxy) is 10. The molecule has 0 saturated carbocycles. The molecule has 0 radical (unpaired) electrons. The van der Waals surface area contributed by atoms with Crippen LogP contribution in [0.15, 0.2) is 116 Å². The van der Waals surface area contributed by atoms with Crippen LogP contribution in [-0.4, -0.2) is 234 Å². The Morgan fingerprint density at radius 3 is 1.38 bits per heavy atom. The first kappa shape index (κ1) is 103. The Morgan fingerprint density at radius 2 is 0.847 bits per heavy atom. The number of carbonyl (C=O) groups excluding carboxylic acids is 7.